The van der Waals surface area contributed by atoms with E-state index in [0.717, 1.165) is 21.3 Å². The number of aliphatic hydroxyl groups is 1. The van der Waals surface area contributed by atoms with Crippen LogP contribution in [0.15, 0.2) is 30.3 Å². The lowest BCUT2D eigenvalue weighted by atomic mass is 10.1. The van der Waals surface area contributed by atoms with E-state index in [-0.39, 0.29) is 6.61 Å². The number of aromatic nitrogens is 1. The molecule has 1 fully saturated rings. The highest BCUT2D eigenvalue weighted by Gasteiger charge is 2.28. The predicted octanol–water partition coefficient (Wildman–Crippen LogP) is 2.90. The molecule has 1 aliphatic rings. The molecular formula is C14H16N2OS. The van der Waals surface area contributed by atoms with Gasteiger partial charge in [0.05, 0.1) is 17.2 Å². The minimum absolute atomic E-state index is 0.0560. The Labute approximate surface area is 111 Å². The van der Waals surface area contributed by atoms with Crippen LogP contribution in [0.5, 0.6) is 0 Å². The summed E-state index contributed by atoms with van der Waals surface area (Å²) in [6, 6.07) is 10.7. The SMILES string of the molecule is CN(c1nc(-c2ccccc2)c(CO)s1)C1CC1. The van der Waals surface area contributed by atoms with Gasteiger partial charge in [-0.15, -0.1) is 0 Å². The minimum Gasteiger partial charge on any atom is -0.391 e. The zero-order valence-corrected chi connectivity index (χ0v) is 11.2. The molecule has 0 spiro atoms. The predicted molar refractivity (Wildman–Crippen MR) is 74.9 cm³/mol. The Morgan fingerprint density at radius 2 is 2.06 bits per heavy atom. The van der Waals surface area contributed by atoms with Gasteiger partial charge in [0.2, 0.25) is 0 Å². The largest absolute Gasteiger partial charge is 0.391 e. The van der Waals surface area contributed by atoms with E-state index in [2.05, 4.69) is 11.9 Å². The Morgan fingerprint density at radius 3 is 2.67 bits per heavy atom. The fourth-order valence-electron chi connectivity index (χ4n) is 2.04. The second-order valence-corrected chi connectivity index (χ2v) is 5.70. The first-order valence-electron chi connectivity index (χ1n) is 6.18. The van der Waals surface area contributed by atoms with Gasteiger partial charge in [0, 0.05) is 18.7 Å². The van der Waals surface area contributed by atoms with E-state index in [1.54, 1.807) is 11.3 Å². The number of benzene rings is 1. The lowest BCUT2D eigenvalue weighted by Gasteiger charge is -2.13. The molecular weight excluding hydrogens is 244 g/mol. The molecule has 0 saturated heterocycles. The van der Waals surface area contributed by atoms with E-state index >= 15 is 0 Å². The van der Waals surface area contributed by atoms with Crippen LogP contribution in [0.1, 0.15) is 17.7 Å². The fourth-order valence-corrected chi connectivity index (χ4v) is 3.01. The summed E-state index contributed by atoms with van der Waals surface area (Å²) in [6.07, 6.45) is 2.51. The molecule has 4 heteroatoms. The summed E-state index contributed by atoms with van der Waals surface area (Å²) in [7, 11) is 2.09. The van der Waals surface area contributed by atoms with E-state index in [1.165, 1.54) is 12.8 Å². The highest BCUT2D eigenvalue weighted by molar-refractivity contribution is 7.16. The Morgan fingerprint density at radius 1 is 1.33 bits per heavy atom. The number of nitrogens with zero attached hydrogens (tertiary/aromatic N) is 2. The summed E-state index contributed by atoms with van der Waals surface area (Å²) >= 11 is 1.60. The lowest BCUT2D eigenvalue weighted by molar-refractivity contribution is 0.286. The third-order valence-corrected chi connectivity index (χ3v) is 4.40. The molecule has 1 N–H and O–H groups in total. The number of thiazole rings is 1. The second-order valence-electron chi connectivity index (χ2n) is 4.63. The van der Waals surface area contributed by atoms with E-state index < -0.39 is 0 Å². The van der Waals surface area contributed by atoms with Gasteiger partial charge < -0.3 is 10.0 Å². The summed E-state index contributed by atoms with van der Waals surface area (Å²) in [6.45, 7) is 0.0560. The van der Waals surface area contributed by atoms with Gasteiger partial charge in [-0.1, -0.05) is 41.7 Å². The van der Waals surface area contributed by atoms with Crippen molar-refractivity contribution in [2.45, 2.75) is 25.5 Å². The van der Waals surface area contributed by atoms with Crippen molar-refractivity contribution in [3.05, 3.63) is 35.2 Å². The number of hydrogen-bond acceptors (Lipinski definition) is 4. The first kappa shape index (κ1) is 11.7. The molecule has 1 aliphatic carbocycles. The Bertz CT molecular complexity index is 534. The maximum Gasteiger partial charge on any atom is 0.186 e. The normalized spacial score (nSPS) is 14.8. The smallest absolute Gasteiger partial charge is 0.186 e. The van der Waals surface area contributed by atoms with Crippen molar-refractivity contribution in [1.29, 1.82) is 0 Å². The van der Waals surface area contributed by atoms with Crippen LogP contribution < -0.4 is 4.90 Å². The fraction of sp³-hybridized carbons (Fsp3) is 0.357. The summed E-state index contributed by atoms with van der Waals surface area (Å²) in [4.78, 5) is 7.88. The Hall–Kier alpha value is -1.39. The average Bonchev–Trinajstić information content (AvgIpc) is 3.17. The molecule has 3 rings (SSSR count). The van der Waals surface area contributed by atoms with Crippen LogP contribution in [0.2, 0.25) is 0 Å². The zero-order valence-electron chi connectivity index (χ0n) is 10.3. The van der Waals surface area contributed by atoms with Gasteiger partial charge in [0.1, 0.15) is 0 Å². The molecule has 18 heavy (non-hydrogen) atoms. The summed E-state index contributed by atoms with van der Waals surface area (Å²) in [5.74, 6) is 0. The van der Waals surface area contributed by atoms with Gasteiger partial charge in [0.15, 0.2) is 5.13 Å². The molecule has 0 bridgehead atoms. The number of aliphatic hydroxyl groups excluding tert-OH is 1. The molecule has 3 nitrogen and oxygen atoms in total. The molecule has 0 aliphatic heterocycles. The van der Waals surface area contributed by atoms with E-state index in [0.29, 0.717) is 6.04 Å². The van der Waals surface area contributed by atoms with Gasteiger partial charge in [-0.25, -0.2) is 4.98 Å². The molecule has 0 amide bonds. The highest BCUT2D eigenvalue weighted by atomic mass is 32.1. The van der Waals surface area contributed by atoms with Crippen LogP contribution in [0.4, 0.5) is 5.13 Å². The Kier molecular flexibility index (Phi) is 3.06. The molecule has 0 unspecified atom stereocenters. The van der Waals surface area contributed by atoms with Crippen molar-refractivity contribution in [1.82, 2.24) is 4.98 Å². The van der Waals surface area contributed by atoms with Gasteiger partial charge in [-0.3, -0.25) is 0 Å². The summed E-state index contributed by atoms with van der Waals surface area (Å²) in [5.41, 5.74) is 2.00. The van der Waals surface area contributed by atoms with Crippen molar-refractivity contribution >= 4 is 16.5 Å². The van der Waals surface area contributed by atoms with Crippen LogP contribution in [0.3, 0.4) is 0 Å². The number of hydrogen-bond donors (Lipinski definition) is 1. The maximum atomic E-state index is 9.48. The highest BCUT2D eigenvalue weighted by Crippen LogP contribution is 2.37. The Balaban J connectivity index is 1.98. The molecule has 1 aromatic carbocycles. The van der Waals surface area contributed by atoms with Gasteiger partial charge in [-0.05, 0) is 12.8 Å². The van der Waals surface area contributed by atoms with Crippen molar-refractivity contribution in [2.24, 2.45) is 0 Å². The summed E-state index contributed by atoms with van der Waals surface area (Å²) in [5, 5.41) is 10.5. The molecule has 0 radical (unpaired) electrons. The van der Waals surface area contributed by atoms with Crippen molar-refractivity contribution in [3.8, 4) is 11.3 Å². The molecule has 1 saturated carbocycles. The lowest BCUT2D eigenvalue weighted by Crippen LogP contribution is -2.18. The quantitative estimate of drug-likeness (QED) is 0.918. The van der Waals surface area contributed by atoms with E-state index in [4.69, 9.17) is 4.98 Å². The van der Waals surface area contributed by atoms with E-state index in [9.17, 15) is 5.11 Å². The molecule has 94 valence electrons. The van der Waals surface area contributed by atoms with Crippen LogP contribution in [0.25, 0.3) is 11.3 Å². The second kappa shape index (κ2) is 4.71. The first-order chi connectivity index (χ1) is 8.79. The van der Waals surface area contributed by atoms with Crippen molar-refractivity contribution in [3.63, 3.8) is 0 Å². The number of anilines is 1. The van der Waals surface area contributed by atoms with Crippen LogP contribution in [-0.2, 0) is 6.61 Å². The molecule has 1 aromatic heterocycles. The van der Waals surface area contributed by atoms with Crippen LogP contribution in [-0.4, -0.2) is 23.2 Å². The topological polar surface area (TPSA) is 36.4 Å². The minimum atomic E-state index is 0.0560. The third kappa shape index (κ3) is 2.13. The maximum absolute atomic E-state index is 9.48. The average molecular weight is 260 g/mol. The molecule has 1 heterocycles. The first-order valence-corrected chi connectivity index (χ1v) is 7.00. The monoisotopic (exact) mass is 260 g/mol. The van der Waals surface area contributed by atoms with Gasteiger partial charge >= 0.3 is 0 Å². The van der Waals surface area contributed by atoms with E-state index in [1.807, 2.05) is 30.3 Å². The van der Waals surface area contributed by atoms with Crippen LogP contribution >= 0.6 is 11.3 Å². The standard InChI is InChI=1S/C14H16N2OS/c1-16(11-7-8-11)14-15-13(12(9-17)18-14)10-5-3-2-4-6-10/h2-6,11,17H,7-9H2,1H3. The van der Waals surface area contributed by atoms with Crippen molar-refractivity contribution < 1.29 is 5.11 Å². The molecule has 2 aromatic rings. The number of rotatable bonds is 4. The van der Waals surface area contributed by atoms with Gasteiger partial charge in [-0.2, -0.15) is 0 Å². The van der Waals surface area contributed by atoms with Crippen molar-refractivity contribution in [2.75, 3.05) is 11.9 Å². The third-order valence-electron chi connectivity index (χ3n) is 3.27. The van der Waals surface area contributed by atoms with Crippen LogP contribution in [0, 0.1) is 0 Å². The van der Waals surface area contributed by atoms with Gasteiger partial charge in [0.25, 0.3) is 0 Å². The zero-order chi connectivity index (χ0) is 12.5. The summed E-state index contributed by atoms with van der Waals surface area (Å²) < 4.78 is 0. The molecule has 0 atom stereocenters.